The molecular weight excluding hydrogens is 339 g/mol. The van der Waals surface area contributed by atoms with Gasteiger partial charge >= 0.3 is 0 Å². The van der Waals surface area contributed by atoms with Crippen molar-refractivity contribution >= 4 is 35.0 Å². The number of nitrogens with one attached hydrogen (secondary N) is 1. The summed E-state index contributed by atoms with van der Waals surface area (Å²) in [4.78, 5) is 12.3. The summed E-state index contributed by atoms with van der Waals surface area (Å²) < 4.78 is 15.1. The van der Waals surface area contributed by atoms with Crippen molar-refractivity contribution in [3.05, 3.63) is 34.9 Å². The molecule has 1 aromatic heterocycles. The maximum Gasteiger partial charge on any atom is 0.237 e. The first-order valence-corrected chi connectivity index (χ1v) is 8.53. The molecule has 0 radical (unpaired) electrons. The Balaban J connectivity index is 1.64. The van der Waals surface area contributed by atoms with Crippen LogP contribution >= 0.6 is 23.4 Å². The third-order valence-corrected chi connectivity index (χ3v) is 5.07. The van der Waals surface area contributed by atoms with Crippen LogP contribution in [-0.4, -0.2) is 25.9 Å². The van der Waals surface area contributed by atoms with Crippen LogP contribution in [0, 0.1) is 5.82 Å². The van der Waals surface area contributed by atoms with E-state index in [-0.39, 0.29) is 16.2 Å². The van der Waals surface area contributed by atoms with E-state index in [2.05, 4.69) is 15.5 Å². The zero-order chi connectivity index (χ0) is 16.6. The standard InChI is InChI=1S/C15H16ClFN4OS/c1-8(14(22)18-10-5-6-12(17)11(16)7-10)23-15-20-19-13(21(15)2)9-3-4-9/h5-9H,3-4H2,1-2H3,(H,18,22)/t8-/m1/s1. The number of hydrogen-bond donors (Lipinski definition) is 1. The molecule has 1 aromatic carbocycles. The molecule has 2 aromatic rings. The average molecular weight is 355 g/mol. The van der Waals surface area contributed by atoms with Gasteiger partial charge in [-0.3, -0.25) is 4.79 Å². The quantitative estimate of drug-likeness (QED) is 0.833. The molecule has 1 atom stereocenters. The lowest BCUT2D eigenvalue weighted by atomic mass is 10.3. The number of anilines is 1. The van der Waals surface area contributed by atoms with E-state index in [0.29, 0.717) is 16.8 Å². The van der Waals surface area contributed by atoms with Gasteiger partial charge in [0.05, 0.1) is 10.3 Å². The summed E-state index contributed by atoms with van der Waals surface area (Å²) in [7, 11) is 1.92. The molecule has 0 bridgehead atoms. The first kappa shape index (κ1) is 16.3. The summed E-state index contributed by atoms with van der Waals surface area (Å²) in [5.41, 5.74) is 0.463. The van der Waals surface area contributed by atoms with E-state index in [0.717, 1.165) is 18.7 Å². The van der Waals surface area contributed by atoms with Crippen LogP contribution < -0.4 is 5.32 Å². The van der Waals surface area contributed by atoms with Gasteiger partial charge in [0.1, 0.15) is 11.6 Å². The minimum absolute atomic E-state index is 0.0227. The Hall–Kier alpha value is -1.60. The molecule has 1 aliphatic carbocycles. The number of nitrogens with zero attached hydrogens (tertiary/aromatic N) is 3. The Kier molecular flexibility index (Phi) is 4.59. The molecule has 1 amide bonds. The highest BCUT2D eigenvalue weighted by atomic mass is 35.5. The molecule has 1 N–H and O–H groups in total. The van der Waals surface area contributed by atoms with E-state index < -0.39 is 5.82 Å². The van der Waals surface area contributed by atoms with Crippen LogP contribution in [-0.2, 0) is 11.8 Å². The molecule has 0 saturated heterocycles. The zero-order valence-corrected chi connectivity index (χ0v) is 14.3. The van der Waals surface area contributed by atoms with Gasteiger partial charge in [-0.25, -0.2) is 4.39 Å². The SMILES string of the molecule is C[C@@H](Sc1nnc(C2CC2)n1C)C(=O)Nc1ccc(F)c(Cl)c1. The second-order valence-corrected chi connectivity index (χ2v) is 7.27. The van der Waals surface area contributed by atoms with Crippen LogP contribution in [0.15, 0.2) is 23.4 Å². The minimum Gasteiger partial charge on any atom is -0.325 e. The predicted octanol–water partition coefficient (Wildman–Crippen LogP) is 3.60. The van der Waals surface area contributed by atoms with E-state index in [4.69, 9.17) is 11.6 Å². The number of aromatic nitrogens is 3. The molecule has 1 saturated carbocycles. The Morgan fingerprint density at radius 3 is 2.87 bits per heavy atom. The van der Waals surface area contributed by atoms with E-state index in [1.165, 1.54) is 30.0 Å². The summed E-state index contributed by atoms with van der Waals surface area (Å²) in [6.07, 6.45) is 2.30. The Morgan fingerprint density at radius 1 is 1.48 bits per heavy atom. The van der Waals surface area contributed by atoms with Crippen molar-refractivity contribution in [2.75, 3.05) is 5.32 Å². The van der Waals surface area contributed by atoms with Crippen molar-refractivity contribution in [3.8, 4) is 0 Å². The Bertz CT molecular complexity index is 747. The molecule has 1 aliphatic rings. The number of amides is 1. The van der Waals surface area contributed by atoms with Crippen molar-refractivity contribution in [2.45, 2.75) is 36.1 Å². The number of hydrogen-bond acceptors (Lipinski definition) is 4. The fourth-order valence-corrected chi connectivity index (χ4v) is 3.16. The highest BCUT2D eigenvalue weighted by Crippen LogP contribution is 2.39. The van der Waals surface area contributed by atoms with Crippen LogP contribution in [0.25, 0.3) is 0 Å². The number of benzene rings is 1. The van der Waals surface area contributed by atoms with Crippen molar-refractivity contribution in [2.24, 2.45) is 7.05 Å². The van der Waals surface area contributed by atoms with Crippen LogP contribution in [0.3, 0.4) is 0 Å². The third kappa shape index (κ3) is 3.67. The second kappa shape index (κ2) is 6.49. The summed E-state index contributed by atoms with van der Waals surface area (Å²) in [5.74, 6) is 0.769. The number of thioether (sulfide) groups is 1. The summed E-state index contributed by atoms with van der Waals surface area (Å²) in [6.45, 7) is 1.79. The van der Waals surface area contributed by atoms with E-state index in [1.807, 2.05) is 11.6 Å². The maximum atomic E-state index is 13.1. The Labute approximate surface area is 142 Å². The highest BCUT2D eigenvalue weighted by molar-refractivity contribution is 8.00. The topological polar surface area (TPSA) is 59.8 Å². The smallest absolute Gasteiger partial charge is 0.237 e. The van der Waals surface area contributed by atoms with Crippen LogP contribution in [0.2, 0.25) is 5.02 Å². The molecule has 23 heavy (non-hydrogen) atoms. The number of rotatable bonds is 5. The van der Waals surface area contributed by atoms with Gasteiger partial charge in [-0.2, -0.15) is 0 Å². The number of carbonyl (C=O) groups excluding carboxylic acids is 1. The van der Waals surface area contributed by atoms with Crippen LogP contribution in [0.1, 0.15) is 31.5 Å². The molecule has 1 heterocycles. The summed E-state index contributed by atoms with van der Waals surface area (Å²) >= 11 is 7.05. The monoisotopic (exact) mass is 354 g/mol. The first-order valence-electron chi connectivity index (χ1n) is 7.27. The van der Waals surface area contributed by atoms with Crippen molar-refractivity contribution in [3.63, 3.8) is 0 Å². The number of carbonyl (C=O) groups is 1. The number of halogens is 2. The van der Waals surface area contributed by atoms with E-state index in [9.17, 15) is 9.18 Å². The molecule has 0 unspecified atom stereocenters. The van der Waals surface area contributed by atoms with Gasteiger partial charge in [-0.15, -0.1) is 10.2 Å². The zero-order valence-electron chi connectivity index (χ0n) is 12.7. The molecular formula is C15H16ClFN4OS. The van der Waals surface area contributed by atoms with Crippen molar-refractivity contribution in [1.29, 1.82) is 0 Å². The van der Waals surface area contributed by atoms with Crippen LogP contribution in [0.4, 0.5) is 10.1 Å². The fraction of sp³-hybridized carbons (Fsp3) is 0.400. The predicted molar refractivity (Wildman–Crippen MR) is 88.3 cm³/mol. The van der Waals surface area contributed by atoms with Gasteiger partial charge < -0.3 is 9.88 Å². The fourth-order valence-electron chi connectivity index (χ4n) is 2.16. The minimum atomic E-state index is -0.515. The second-order valence-electron chi connectivity index (χ2n) is 5.55. The maximum absolute atomic E-state index is 13.1. The first-order chi connectivity index (χ1) is 11.0. The lowest BCUT2D eigenvalue weighted by Crippen LogP contribution is -2.22. The summed E-state index contributed by atoms with van der Waals surface area (Å²) in [5, 5.41) is 11.4. The molecule has 0 aliphatic heterocycles. The van der Waals surface area contributed by atoms with Crippen LogP contribution in [0.5, 0.6) is 0 Å². The molecule has 3 rings (SSSR count). The van der Waals surface area contributed by atoms with Gasteiger partial charge in [0.25, 0.3) is 0 Å². The third-order valence-electron chi connectivity index (χ3n) is 3.65. The van der Waals surface area contributed by atoms with Crippen molar-refractivity contribution < 1.29 is 9.18 Å². The molecule has 0 spiro atoms. The van der Waals surface area contributed by atoms with E-state index in [1.54, 1.807) is 6.92 Å². The molecule has 122 valence electrons. The Morgan fingerprint density at radius 2 is 2.22 bits per heavy atom. The van der Waals surface area contributed by atoms with Crippen molar-refractivity contribution in [1.82, 2.24) is 14.8 Å². The van der Waals surface area contributed by atoms with Gasteiger partial charge in [0.2, 0.25) is 5.91 Å². The lowest BCUT2D eigenvalue weighted by molar-refractivity contribution is -0.115. The largest absolute Gasteiger partial charge is 0.325 e. The highest BCUT2D eigenvalue weighted by Gasteiger charge is 2.30. The van der Waals surface area contributed by atoms with Gasteiger partial charge in [0.15, 0.2) is 5.16 Å². The van der Waals surface area contributed by atoms with E-state index >= 15 is 0 Å². The molecule has 8 heteroatoms. The molecule has 5 nitrogen and oxygen atoms in total. The van der Waals surface area contributed by atoms with Gasteiger partial charge in [-0.05, 0) is 38.0 Å². The lowest BCUT2D eigenvalue weighted by Gasteiger charge is -2.12. The molecule has 1 fully saturated rings. The average Bonchev–Trinajstić information content (AvgIpc) is 3.29. The van der Waals surface area contributed by atoms with Gasteiger partial charge in [-0.1, -0.05) is 23.4 Å². The summed E-state index contributed by atoms with van der Waals surface area (Å²) in [6, 6.07) is 4.09. The normalized spacial score (nSPS) is 15.5. The van der Waals surface area contributed by atoms with Gasteiger partial charge in [0, 0.05) is 18.7 Å².